The SMILES string of the molecule is Cc1ccc(NC(=O)COc2ccc(/C=C3\C(=O)NC(=O)N(c4cccc([N+](=O)[O-])c4)C3=O)cc2Cl)cc1. The number of halogens is 1. The number of hydrogen-bond acceptors (Lipinski definition) is 7. The summed E-state index contributed by atoms with van der Waals surface area (Å²) in [4.78, 5) is 61.0. The molecule has 0 aromatic heterocycles. The van der Waals surface area contributed by atoms with E-state index in [1.165, 1.54) is 42.5 Å². The number of nitrogens with zero attached hydrogens (tertiary/aromatic N) is 2. The van der Waals surface area contributed by atoms with Gasteiger partial charge in [0, 0.05) is 17.8 Å². The number of aryl methyl sites for hydroxylation is 1. The minimum Gasteiger partial charge on any atom is -0.482 e. The number of rotatable bonds is 7. The number of non-ortho nitro benzene ring substituents is 1. The predicted molar refractivity (Wildman–Crippen MR) is 139 cm³/mol. The van der Waals surface area contributed by atoms with Gasteiger partial charge in [0.15, 0.2) is 6.61 Å². The highest BCUT2D eigenvalue weighted by Gasteiger charge is 2.37. The second-order valence-corrected chi connectivity index (χ2v) is 8.53. The van der Waals surface area contributed by atoms with Gasteiger partial charge >= 0.3 is 6.03 Å². The van der Waals surface area contributed by atoms with Crippen molar-refractivity contribution in [1.82, 2.24) is 5.32 Å². The lowest BCUT2D eigenvalue weighted by Gasteiger charge is -2.26. The van der Waals surface area contributed by atoms with Crippen molar-refractivity contribution in [3.63, 3.8) is 0 Å². The lowest BCUT2D eigenvalue weighted by molar-refractivity contribution is -0.384. The van der Waals surface area contributed by atoms with Crippen LogP contribution in [0, 0.1) is 17.0 Å². The number of nitrogens with one attached hydrogen (secondary N) is 2. The fraction of sp³-hybridized carbons (Fsp3) is 0.0769. The Bertz CT molecular complexity index is 1500. The molecule has 0 saturated carbocycles. The summed E-state index contributed by atoms with van der Waals surface area (Å²) in [7, 11) is 0. The molecular formula is C26H19ClN4O7. The maximum absolute atomic E-state index is 13.0. The van der Waals surface area contributed by atoms with Gasteiger partial charge in [-0.25, -0.2) is 9.69 Å². The van der Waals surface area contributed by atoms with Gasteiger partial charge in [0.1, 0.15) is 11.3 Å². The zero-order valence-corrected chi connectivity index (χ0v) is 20.5. The van der Waals surface area contributed by atoms with Crippen molar-refractivity contribution in [1.29, 1.82) is 0 Å². The highest BCUT2D eigenvalue weighted by molar-refractivity contribution is 6.39. The molecule has 4 rings (SSSR count). The van der Waals surface area contributed by atoms with Crippen LogP contribution in [0.25, 0.3) is 6.08 Å². The highest BCUT2D eigenvalue weighted by Crippen LogP contribution is 2.29. The molecule has 0 aliphatic carbocycles. The van der Waals surface area contributed by atoms with Crippen molar-refractivity contribution >= 4 is 58.5 Å². The van der Waals surface area contributed by atoms with Gasteiger partial charge in [-0.3, -0.25) is 29.8 Å². The van der Waals surface area contributed by atoms with Crippen molar-refractivity contribution in [2.24, 2.45) is 0 Å². The quantitative estimate of drug-likeness (QED) is 0.199. The minimum absolute atomic E-state index is 0.0780. The molecule has 0 bridgehead atoms. The molecule has 192 valence electrons. The lowest BCUT2D eigenvalue weighted by Crippen LogP contribution is -2.54. The first-order chi connectivity index (χ1) is 18.1. The van der Waals surface area contributed by atoms with Gasteiger partial charge in [-0.05, 0) is 48.9 Å². The number of hydrogen-bond donors (Lipinski definition) is 2. The standard InChI is InChI=1S/C26H19ClN4O7/c1-15-5-8-17(9-6-15)28-23(32)14-38-22-10-7-16(12-21(22)27)11-20-24(33)29-26(35)30(25(20)34)18-3-2-4-19(13-18)31(36)37/h2-13H,14H2,1H3,(H,28,32)(H,29,33,35)/b20-11+. The van der Waals surface area contributed by atoms with E-state index in [1.54, 1.807) is 12.1 Å². The van der Waals surface area contributed by atoms with Crippen molar-refractivity contribution in [2.75, 3.05) is 16.8 Å². The summed E-state index contributed by atoms with van der Waals surface area (Å²) in [6.07, 6.45) is 1.22. The van der Waals surface area contributed by atoms with Gasteiger partial charge in [-0.2, -0.15) is 0 Å². The number of ether oxygens (including phenoxy) is 1. The second-order valence-electron chi connectivity index (χ2n) is 8.13. The van der Waals surface area contributed by atoms with Gasteiger partial charge < -0.3 is 10.1 Å². The summed E-state index contributed by atoms with van der Waals surface area (Å²) in [5.74, 6) is -2.11. The van der Waals surface area contributed by atoms with Crippen LogP contribution in [-0.2, 0) is 14.4 Å². The maximum Gasteiger partial charge on any atom is 0.335 e. The van der Waals surface area contributed by atoms with Crippen LogP contribution in [0.15, 0.2) is 72.3 Å². The molecule has 0 spiro atoms. The third kappa shape index (κ3) is 5.85. The Kier molecular flexibility index (Phi) is 7.49. The molecule has 1 heterocycles. The van der Waals surface area contributed by atoms with E-state index < -0.39 is 34.2 Å². The number of nitro benzene ring substituents is 1. The molecule has 0 radical (unpaired) electrons. The van der Waals surface area contributed by atoms with Gasteiger partial charge in [0.25, 0.3) is 23.4 Å². The Balaban J connectivity index is 1.49. The summed E-state index contributed by atoms with van der Waals surface area (Å²) in [6.45, 7) is 1.62. The first kappa shape index (κ1) is 26.0. The molecule has 38 heavy (non-hydrogen) atoms. The molecule has 12 heteroatoms. The third-order valence-electron chi connectivity index (χ3n) is 5.36. The van der Waals surface area contributed by atoms with Crippen LogP contribution in [0.4, 0.5) is 21.9 Å². The molecule has 0 atom stereocenters. The van der Waals surface area contributed by atoms with E-state index in [1.807, 2.05) is 24.4 Å². The van der Waals surface area contributed by atoms with Crippen LogP contribution in [0.5, 0.6) is 5.75 Å². The Morgan fingerprint density at radius 3 is 2.53 bits per heavy atom. The number of carbonyl (C=O) groups is 4. The molecule has 1 aliphatic heterocycles. The van der Waals surface area contributed by atoms with E-state index in [2.05, 4.69) is 5.32 Å². The fourth-order valence-electron chi connectivity index (χ4n) is 3.51. The average molecular weight is 535 g/mol. The summed E-state index contributed by atoms with van der Waals surface area (Å²) in [6, 6.07) is 15.5. The van der Waals surface area contributed by atoms with Crippen molar-refractivity contribution < 1.29 is 28.8 Å². The molecule has 1 fully saturated rings. The third-order valence-corrected chi connectivity index (χ3v) is 5.66. The van der Waals surface area contributed by atoms with Crippen LogP contribution in [0.2, 0.25) is 5.02 Å². The molecule has 1 saturated heterocycles. The Morgan fingerprint density at radius 2 is 1.84 bits per heavy atom. The van der Waals surface area contributed by atoms with Crippen LogP contribution in [-0.4, -0.2) is 35.3 Å². The lowest BCUT2D eigenvalue weighted by atomic mass is 10.1. The molecule has 3 aromatic carbocycles. The molecule has 3 aromatic rings. The van der Waals surface area contributed by atoms with E-state index in [9.17, 15) is 29.3 Å². The fourth-order valence-corrected chi connectivity index (χ4v) is 3.75. The van der Waals surface area contributed by atoms with E-state index in [0.29, 0.717) is 16.2 Å². The zero-order chi connectivity index (χ0) is 27.4. The topological polar surface area (TPSA) is 148 Å². The van der Waals surface area contributed by atoms with Crippen molar-refractivity contribution in [2.45, 2.75) is 6.92 Å². The Hall–Kier alpha value is -5.03. The molecule has 5 amide bonds. The van der Waals surface area contributed by atoms with Crippen LogP contribution in [0.3, 0.4) is 0 Å². The minimum atomic E-state index is -1.04. The molecule has 11 nitrogen and oxygen atoms in total. The Labute approximate surface area is 220 Å². The predicted octanol–water partition coefficient (Wildman–Crippen LogP) is 4.24. The highest BCUT2D eigenvalue weighted by atomic mass is 35.5. The first-order valence-corrected chi connectivity index (χ1v) is 11.4. The summed E-state index contributed by atoms with van der Waals surface area (Å²) in [5.41, 5.74) is 1.20. The van der Waals surface area contributed by atoms with E-state index in [-0.39, 0.29) is 28.8 Å². The largest absolute Gasteiger partial charge is 0.482 e. The smallest absolute Gasteiger partial charge is 0.335 e. The van der Waals surface area contributed by atoms with Gasteiger partial charge in [0.05, 0.1) is 15.6 Å². The van der Waals surface area contributed by atoms with Crippen LogP contribution >= 0.6 is 11.6 Å². The van der Waals surface area contributed by atoms with Gasteiger partial charge in [-0.15, -0.1) is 0 Å². The average Bonchev–Trinajstić information content (AvgIpc) is 2.87. The number of carbonyl (C=O) groups excluding carboxylic acids is 4. The number of imide groups is 2. The van der Waals surface area contributed by atoms with Crippen LogP contribution < -0.4 is 20.3 Å². The molecule has 0 unspecified atom stereocenters. The normalized spacial score (nSPS) is 14.3. The summed E-state index contributed by atoms with van der Waals surface area (Å²) < 4.78 is 5.48. The van der Waals surface area contributed by atoms with Gasteiger partial charge in [-0.1, -0.05) is 41.4 Å². The zero-order valence-electron chi connectivity index (χ0n) is 19.8. The molecule has 2 N–H and O–H groups in total. The molecule has 1 aliphatic rings. The summed E-state index contributed by atoms with van der Waals surface area (Å²) in [5, 5.41) is 15.9. The number of amides is 5. The van der Waals surface area contributed by atoms with Crippen molar-refractivity contribution in [3.05, 3.63) is 98.6 Å². The van der Waals surface area contributed by atoms with Crippen molar-refractivity contribution in [3.8, 4) is 5.75 Å². The number of benzene rings is 3. The molecular weight excluding hydrogens is 516 g/mol. The maximum atomic E-state index is 13.0. The van der Waals surface area contributed by atoms with Crippen LogP contribution in [0.1, 0.15) is 11.1 Å². The second kappa shape index (κ2) is 10.9. The first-order valence-electron chi connectivity index (χ1n) is 11.1. The number of urea groups is 1. The number of barbiturate groups is 1. The number of anilines is 2. The number of nitro groups is 1. The summed E-state index contributed by atoms with van der Waals surface area (Å²) >= 11 is 6.28. The van der Waals surface area contributed by atoms with E-state index in [4.69, 9.17) is 16.3 Å². The monoisotopic (exact) mass is 534 g/mol. The van der Waals surface area contributed by atoms with E-state index >= 15 is 0 Å². The van der Waals surface area contributed by atoms with Gasteiger partial charge in [0.2, 0.25) is 0 Å². The Morgan fingerprint density at radius 1 is 1.11 bits per heavy atom. The van der Waals surface area contributed by atoms with E-state index in [0.717, 1.165) is 11.6 Å².